The van der Waals surface area contributed by atoms with Gasteiger partial charge in [0.1, 0.15) is 17.7 Å². The standard InChI is InChI=1S/C29H33ClFN3O3/c1-36-21-7-8-26-24(15-21)22(25(30)17-34-26)10-13-33-28-23(19-4-2-6-20(31)14-19)16-27(28)37-29(35)18-5-3-11-32-12-9-18/h2,4,6-8,14-15,17-18,23,27-28,32-33H,3,5,9-13,16H2,1H3. The maximum Gasteiger partial charge on any atom is 0.309 e. The number of hydrogen-bond donors (Lipinski definition) is 2. The van der Waals surface area contributed by atoms with Crippen LogP contribution in [0.3, 0.4) is 0 Å². The molecule has 3 aromatic rings. The summed E-state index contributed by atoms with van der Waals surface area (Å²) in [5, 5.41) is 8.50. The minimum atomic E-state index is -0.258. The fourth-order valence-corrected chi connectivity index (χ4v) is 5.77. The fraction of sp³-hybridized carbons (Fsp3) is 0.448. The number of ether oxygens (including phenoxy) is 2. The predicted octanol–water partition coefficient (Wildman–Crippen LogP) is 5.03. The van der Waals surface area contributed by atoms with Crippen LogP contribution in [0.25, 0.3) is 10.9 Å². The topological polar surface area (TPSA) is 72.5 Å². The van der Waals surface area contributed by atoms with E-state index in [0.717, 1.165) is 60.1 Å². The van der Waals surface area contributed by atoms with Crippen LogP contribution in [0, 0.1) is 11.7 Å². The van der Waals surface area contributed by atoms with E-state index in [1.165, 1.54) is 6.07 Å². The molecule has 196 valence electrons. The molecule has 0 radical (unpaired) electrons. The van der Waals surface area contributed by atoms with E-state index in [-0.39, 0.29) is 35.8 Å². The van der Waals surface area contributed by atoms with E-state index >= 15 is 0 Å². The van der Waals surface area contributed by atoms with Crippen LogP contribution < -0.4 is 15.4 Å². The molecule has 2 aliphatic rings. The van der Waals surface area contributed by atoms with Gasteiger partial charge in [0, 0.05) is 17.5 Å². The highest BCUT2D eigenvalue weighted by molar-refractivity contribution is 6.32. The maximum absolute atomic E-state index is 14.0. The number of nitrogens with one attached hydrogen (secondary N) is 2. The molecule has 2 fully saturated rings. The number of nitrogens with zero attached hydrogens (tertiary/aromatic N) is 1. The van der Waals surface area contributed by atoms with E-state index in [0.29, 0.717) is 24.4 Å². The normalized spacial score (nSPS) is 23.8. The average Bonchev–Trinajstić information content (AvgIpc) is 3.19. The number of carbonyl (C=O) groups excluding carboxylic acids is 1. The number of benzene rings is 2. The molecule has 5 rings (SSSR count). The summed E-state index contributed by atoms with van der Waals surface area (Å²) in [6.45, 7) is 2.40. The van der Waals surface area contributed by atoms with Gasteiger partial charge < -0.3 is 20.1 Å². The minimum Gasteiger partial charge on any atom is -0.497 e. The summed E-state index contributed by atoms with van der Waals surface area (Å²) in [7, 11) is 1.64. The first kappa shape index (κ1) is 25.9. The number of fused-ring (bicyclic) bond motifs is 1. The number of halogens is 2. The Morgan fingerprint density at radius 3 is 2.95 bits per heavy atom. The molecule has 8 heteroatoms. The van der Waals surface area contributed by atoms with E-state index < -0.39 is 0 Å². The van der Waals surface area contributed by atoms with Crippen molar-refractivity contribution < 1.29 is 18.7 Å². The third kappa shape index (κ3) is 5.89. The molecule has 1 aromatic heterocycles. The summed E-state index contributed by atoms with van der Waals surface area (Å²) < 4.78 is 25.4. The molecule has 1 aliphatic heterocycles. The summed E-state index contributed by atoms with van der Waals surface area (Å²) in [5.74, 6) is 0.367. The van der Waals surface area contributed by atoms with Crippen molar-refractivity contribution in [2.24, 2.45) is 5.92 Å². The smallest absolute Gasteiger partial charge is 0.309 e. The van der Waals surface area contributed by atoms with E-state index in [1.807, 2.05) is 24.3 Å². The summed E-state index contributed by atoms with van der Waals surface area (Å²) >= 11 is 6.55. The summed E-state index contributed by atoms with van der Waals surface area (Å²) in [6, 6.07) is 12.4. The Kier molecular flexibility index (Phi) is 8.23. The molecule has 0 spiro atoms. The van der Waals surface area contributed by atoms with Gasteiger partial charge in [0.2, 0.25) is 0 Å². The lowest BCUT2D eigenvalue weighted by Gasteiger charge is -2.45. The number of carbonyl (C=O) groups is 1. The van der Waals surface area contributed by atoms with E-state index in [2.05, 4.69) is 15.6 Å². The van der Waals surface area contributed by atoms with Gasteiger partial charge in [-0.3, -0.25) is 9.78 Å². The van der Waals surface area contributed by atoms with Crippen LogP contribution in [-0.2, 0) is 16.0 Å². The third-order valence-corrected chi connectivity index (χ3v) is 7.99. The first-order valence-corrected chi connectivity index (χ1v) is 13.4. The number of pyridine rings is 1. The van der Waals surface area contributed by atoms with E-state index in [4.69, 9.17) is 21.1 Å². The lowest BCUT2D eigenvalue weighted by Crippen LogP contribution is -2.56. The molecule has 37 heavy (non-hydrogen) atoms. The van der Waals surface area contributed by atoms with Crippen LogP contribution in [0.5, 0.6) is 5.75 Å². The third-order valence-electron chi connectivity index (χ3n) is 7.66. The van der Waals surface area contributed by atoms with Gasteiger partial charge in [-0.2, -0.15) is 0 Å². The van der Waals surface area contributed by atoms with Crippen molar-refractivity contribution >= 4 is 28.5 Å². The highest BCUT2D eigenvalue weighted by atomic mass is 35.5. The van der Waals surface area contributed by atoms with Crippen LogP contribution in [0.15, 0.2) is 48.7 Å². The number of methoxy groups -OCH3 is 1. The lowest BCUT2D eigenvalue weighted by molar-refractivity contribution is -0.162. The Bertz CT molecular complexity index is 1250. The van der Waals surface area contributed by atoms with Crippen LogP contribution >= 0.6 is 11.6 Å². The van der Waals surface area contributed by atoms with Gasteiger partial charge in [-0.05, 0) is 93.2 Å². The molecular weight excluding hydrogens is 493 g/mol. The van der Waals surface area contributed by atoms with Crippen LogP contribution in [0.2, 0.25) is 5.02 Å². The zero-order chi connectivity index (χ0) is 25.8. The number of esters is 1. The SMILES string of the molecule is COc1ccc2ncc(Cl)c(CCNC3C(OC(=O)C4CCCNCC4)CC3c3cccc(F)c3)c2c1. The molecule has 2 aromatic carbocycles. The monoisotopic (exact) mass is 525 g/mol. The zero-order valence-corrected chi connectivity index (χ0v) is 21.8. The van der Waals surface area contributed by atoms with Crippen molar-refractivity contribution in [1.82, 2.24) is 15.6 Å². The number of hydrogen-bond acceptors (Lipinski definition) is 6. The molecule has 1 saturated heterocycles. The minimum absolute atomic E-state index is 0.0639. The van der Waals surface area contributed by atoms with E-state index in [9.17, 15) is 9.18 Å². The Hall–Kier alpha value is -2.74. The molecular formula is C29H33ClFN3O3. The molecule has 2 heterocycles. The van der Waals surface area contributed by atoms with Crippen molar-refractivity contribution in [3.63, 3.8) is 0 Å². The Balaban J connectivity index is 1.30. The highest BCUT2D eigenvalue weighted by Gasteiger charge is 2.45. The van der Waals surface area contributed by atoms with Crippen LogP contribution in [0.1, 0.15) is 42.7 Å². The molecule has 0 amide bonds. The molecule has 4 atom stereocenters. The largest absolute Gasteiger partial charge is 0.497 e. The van der Waals surface area contributed by atoms with Crippen molar-refractivity contribution in [3.8, 4) is 5.75 Å². The summed E-state index contributed by atoms with van der Waals surface area (Å²) in [6.07, 6.45) is 5.39. The second-order valence-electron chi connectivity index (χ2n) is 9.95. The second-order valence-corrected chi connectivity index (χ2v) is 10.4. The summed E-state index contributed by atoms with van der Waals surface area (Å²) in [4.78, 5) is 17.4. The number of rotatable bonds is 8. The molecule has 6 nitrogen and oxygen atoms in total. The predicted molar refractivity (Wildman–Crippen MR) is 143 cm³/mol. The van der Waals surface area contributed by atoms with E-state index in [1.54, 1.807) is 25.4 Å². The Morgan fingerprint density at radius 1 is 1.22 bits per heavy atom. The summed E-state index contributed by atoms with van der Waals surface area (Å²) in [5.41, 5.74) is 2.76. The van der Waals surface area contributed by atoms with Crippen molar-refractivity contribution in [2.45, 2.75) is 50.2 Å². The zero-order valence-electron chi connectivity index (χ0n) is 21.0. The molecule has 1 aliphatic carbocycles. The van der Waals surface area contributed by atoms with Gasteiger partial charge in [-0.25, -0.2) is 4.39 Å². The fourth-order valence-electron chi connectivity index (χ4n) is 5.53. The van der Waals surface area contributed by atoms with Gasteiger partial charge in [0.05, 0.1) is 29.6 Å². The maximum atomic E-state index is 14.0. The van der Waals surface area contributed by atoms with Crippen LogP contribution in [0.4, 0.5) is 4.39 Å². The molecule has 4 unspecified atom stereocenters. The second kappa shape index (κ2) is 11.8. The Morgan fingerprint density at radius 2 is 2.11 bits per heavy atom. The van der Waals surface area contributed by atoms with Crippen LogP contribution in [-0.4, -0.2) is 49.8 Å². The number of aromatic nitrogens is 1. The van der Waals surface area contributed by atoms with Crippen molar-refractivity contribution in [1.29, 1.82) is 0 Å². The first-order valence-electron chi connectivity index (χ1n) is 13.0. The lowest BCUT2D eigenvalue weighted by atomic mass is 9.72. The van der Waals surface area contributed by atoms with Gasteiger partial charge in [0.25, 0.3) is 0 Å². The van der Waals surface area contributed by atoms with Gasteiger partial charge >= 0.3 is 5.97 Å². The first-order chi connectivity index (χ1) is 18.0. The van der Waals surface area contributed by atoms with Gasteiger partial charge in [0.15, 0.2) is 0 Å². The molecule has 2 N–H and O–H groups in total. The average molecular weight is 526 g/mol. The quantitative estimate of drug-likeness (QED) is 0.402. The van der Waals surface area contributed by atoms with Crippen molar-refractivity contribution in [3.05, 3.63) is 70.6 Å². The van der Waals surface area contributed by atoms with Gasteiger partial charge in [-0.1, -0.05) is 23.7 Å². The highest BCUT2D eigenvalue weighted by Crippen LogP contribution is 2.40. The molecule has 1 saturated carbocycles. The van der Waals surface area contributed by atoms with Gasteiger partial charge in [-0.15, -0.1) is 0 Å². The Labute approximate surface area is 221 Å². The van der Waals surface area contributed by atoms with Crippen molar-refractivity contribution in [2.75, 3.05) is 26.7 Å². The molecule has 0 bridgehead atoms.